The monoisotopic (exact) mass is 434 g/mol. The first-order valence-electron chi connectivity index (χ1n) is 10.6. The van der Waals surface area contributed by atoms with Gasteiger partial charge in [-0.05, 0) is 25.0 Å². The second kappa shape index (κ2) is 8.64. The largest absolute Gasteiger partial charge is 0.379 e. The Morgan fingerprint density at radius 1 is 1.17 bits per heavy atom. The molecule has 1 aliphatic heterocycles. The summed E-state index contributed by atoms with van der Waals surface area (Å²) in [5.41, 5.74) is 1.19. The zero-order valence-electron chi connectivity index (χ0n) is 17.5. The molecule has 2 fully saturated rings. The first-order chi connectivity index (χ1) is 14.4. The van der Waals surface area contributed by atoms with Crippen molar-refractivity contribution in [2.45, 2.75) is 49.3 Å². The number of ether oxygens (including phenoxy) is 1. The number of para-hydroxylation sites is 2. The summed E-state index contributed by atoms with van der Waals surface area (Å²) in [6.45, 7) is 3.75. The average Bonchev–Trinajstić information content (AvgIpc) is 3.13. The summed E-state index contributed by atoms with van der Waals surface area (Å²) in [5.74, 6) is -0.193. The summed E-state index contributed by atoms with van der Waals surface area (Å²) in [6, 6.07) is 7.18. The Labute approximate surface area is 177 Å². The number of rotatable bonds is 6. The quantitative estimate of drug-likeness (QED) is 0.742. The fraction of sp³-hybridized carbons (Fsp3) is 0.619. The summed E-state index contributed by atoms with van der Waals surface area (Å²) >= 11 is 0. The summed E-state index contributed by atoms with van der Waals surface area (Å²) < 4.78 is 31.5. The van der Waals surface area contributed by atoms with Gasteiger partial charge in [0.15, 0.2) is 0 Å². The Bertz CT molecular complexity index is 1010. The van der Waals surface area contributed by atoms with Crippen LogP contribution in [-0.2, 0) is 25.9 Å². The summed E-state index contributed by atoms with van der Waals surface area (Å²) in [7, 11) is -3.56. The van der Waals surface area contributed by atoms with Gasteiger partial charge in [-0.15, -0.1) is 0 Å². The highest BCUT2D eigenvalue weighted by atomic mass is 32.2. The second-order valence-corrected chi connectivity index (χ2v) is 10.3. The number of sulfone groups is 1. The third-order valence-corrected chi connectivity index (χ3v) is 7.31. The minimum absolute atomic E-state index is 0.0334. The zero-order valence-corrected chi connectivity index (χ0v) is 18.3. The third kappa shape index (κ3) is 4.38. The maximum Gasteiger partial charge on any atom is 0.240 e. The van der Waals surface area contributed by atoms with Crippen molar-refractivity contribution in [2.24, 2.45) is 0 Å². The number of nitrogens with one attached hydrogen (secondary N) is 1. The lowest BCUT2D eigenvalue weighted by Gasteiger charge is -2.48. The Balaban J connectivity index is 1.52. The lowest BCUT2D eigenvalue weighted by molar-refractivity contribution is -0.123. The van der Waals surface area contributed by atoms with E-state index in [-0.39, 0.29) is 23.1 Å². The molecule has 0 bridgehead atoms. The number of carbonyl (C=O) groups excluding carboxylic acids is 1. The lowest BCUT2D eigenvalue weighted by Crippen LogP contribution is -2.59. The van der Waals surface area contributed by atoms with E-state index < -0.39 is 9.84 Å². The standard InChI is InChI=1S/C21H30N4O4S/c1-30(27,28)20-23-17-7-3-4-8-18(17)25(20)15-19(26)22-16-21(9-5-2-6-10-21)24-11-13-29-14-12-24/h3-4,7-8H,2,5-6,9-16H2,1H3,(H,22,26). The number of morpholine rings is 1. The molecule has 0 spiro atoms. The molecule has 0 radical (unpaired) electrons. The van der Waals surface area contributed by atoms with Crippen molar-refractivity contribution in [2.75, 3.05) is 39.1 Å². The van der Waals surface area contributed by atoms with Gasteiger partial charge in [0.2, 0.25) is 20.9 Å². The number of nitrogens with zero attached hydrogens (tertiary/aromatic N) is 3. The van der Waals surface area contributed by atoms with Crippen molar-refractivity contribution < 1.29 is 17.9 Å². The molecule has 30 heavy (non-hydrogen) atoms. The first kappa shape index (κ1) is 21.3. The average molecular weight is 435 g/mol. The number of aromatic nitrogens is 2. The van der Waals surface area contributed by atoms with Crippen molar-refractivity contribution in [1.82, 2.24) is 19.8 Å². The van der Waals surface area contributed by atoms with E-state index in [4.69, 9.17) is 4.74 Å². The van der Waals surface area contributed by atoms with Crippen LogP contribution in [0.3, 0.4) is 0 Å². The number of hydrogen-bond acceptors (Lipinski definition) is 6. The third-order valence-electron chi connectivity index (χ3n) is 6.33. The van der Waals surface area contributed by atoms with E-state index in [9.17, 15) is 13.2 Å². The summed E-state index contributed by atoms with van der Waals surface area (Å²) in [4.78, 5) is 19.6. The van der Waals surface area contributed by atoms with E-state index in [1.54, 1.807) is 18.2 Å². The molecule has 8 nitrogen and oxygen atoms in total. The van der Waals surface area contributed by atoms with E-state index in [1.165, 1.54) is 11.0 Å². The van der Waals surface area contributed by atoms with Crippen LogP contribution in [0.25, 0.3) is 11.0 Å². The van der Waals surface area contributed by atoms with Crippen molar-refractivity contribution in [3.05, 3.63) is 24.3 Å². The van der Waals surface area contributed by atoms with Crippen LogP contribution in [0.4, 0.5) is 0 Å². The van der Waals surface area contributed by atoms with Gasteiger partial charge in [0, 0.05) is 31.4 Å². The van der Waals surface area contributed by atoms with Crippen LogP contribution < -0.4 is 5.32 Å². The van der Waals surface area contributed by atoms with Gasteiger partial charge >= 0.3 is 0 Å². The van der Waals surface area contributed by atoms with Crippen LogP contribution in [0.15, 0.2) is 29.4 Å². The van der Waals surface area contributed by atoms with Crippen LogP contribution in [0.5, 0.6) is 0 Å². The van der Waals surface area contributed by atoms with Gasteiger partial charge in [-0.2, -0.15) is 0 Å². The molecule has 2 aliphatic rings. The molecule has 1 N–H and O–H groups in total. The molecule has 1 amide bonds. The number of hydrogen-bond donors (Lipinski definition) is 1. The summed E-state index contributed by atoms with van der Waals surface area (Å²) in [5, 5.41) is 3.04. The smallest absolute Gasteiger partial charge is 0.240 e. The predicted octanol–water partition coefficient (Wildman–Crippen LogP) is 1.59. The lowest BCUT2D eigenvalue weighted by atomic mass is 9.79. The topological polar surface area (TPSA) is 93.5 Å². The Morgan fingerprint density at radius 3 is 2.57 bits per heavy atom. The van der Waals surface area contributed by atoms with Crippen LogP contribution in [0.1, 0.15) is 32.1 Å². The van der Waals surface area contributed by atoms with Gasteiger partial charge in [0.05, 0.1) is 24.2 Å². The minimum Gasteiger partial charge on any atom is -0.379 e. The normalized spacial score (nSPS) is 20.3. The highest BCUT2D eigenvalue weighted by Crippen LogP contribution is 2.34. The maximum absolute atomic E-state index is 12.9. The molecular formula is C21H30N4O4S. The number of amides is 1. The maximum atomic E-state index is 12.9. The molecule has 2 heterocycles. The van der Waals surface area contributed by atoms with Crippen LogP contribution in [0, 0.1) is 0 Å². The SMILES string of the molecule is CS(=O)(=O)c1nc2ccccc2n1CC(=O)NCC1(N2CCOCC2)CCCCC1. The molecule has 0 unspecified atom stereocenters. The van der Waals surface area contributed by atoms with Crippen molar-refractivity contribution >= 4 is 26.8 Å². The highest BCUT2D eigenvalue weighted by Gasteiger charge is 2.38. The molecule has 0 atom stereocenters. The molecule has 9 heteroatoms. The number of imidazole rings is 1. The van der Waals surface area contributed by atoms with Crippen LogP contribution in [-0.4, -0.2) is 73.4 Å². The van der Waals surface area contributed by atoms with Crippen molar-refractivity contribution in [1.29, 1.82) is 0 Å². The molecule has 1 aromatic carbocycles. The van der Waals surface area contributed by atoms with Crippen LogP contribution >= 0.6 is 0 Å². The predicted molar refractivity (Wildman–Crippen MR) is 114 cm³/mol. The molecule has 1 saturated carbocycles. The molecule has 4 rings (SSSR count). The van der Waals surface area contributed by atoms with E-state index in [2.05, 4.69) is 15.2 Å². The fourth-order valence-electron chi connectivity index (χ4n) is 4.80. The number of fused-ring (bicyclic) bond motifs is 1. The fourth-order valence-corrected chi connectivity index (χ4v) is 5.63. The Hall–Kier alpha value is -1.97. The van der Waals surface area contributed by atoms with Crippen molar-refractivity contribution in [3.63, 3.8) is 0 Å². The number of carbonyl (C=O) groups is 1. The second-order valence-electron chi connectivity index (χ2n) is 8.40. The molecule has 1 aromatic heterocycles. The van der Waals surface area contributed by atoms with E-state index in [1.807, 2.05) is 6.07 Å². The van der Waals surface area contributed by atoms with Crippen molar-refractivity contribution in [3.8, 4) is 0 Å². The van der Waals surface area contributed by atoms with Gasteiger partial charge in [0.25, 0.3) is 0 Å². The van der Waals surface area contributed by atoms with E-state index in [0.717, 1.165) is 58.2 Å². The van der Waals surface area contributed by atoms with E-state index in [0.29, 0.717) is 17.6 Å². The Morgan fingerprint density at radius 2 is 1.87 bits per heavy atom. The van der Waals surface area contributed by atoms with E-state index >= 15 is 0 Å². The first-order valence-corrected chi connectivity index (χ1v) is 12.5. The molecule has 164 valence electrons. The molecule has 2 aromatic rings. The minimum atomic E-state index is -3.56. The molecular weight excluding hydrogens is 404 g/mol. The summed E-state index contributed by atoms with van der Waals surface area (Å²) in [6.07, 6.45) is 6.82. The van der Waals surface area contributed by atoms with Gasteiger partial charge in [0.1, 0.15) is 6.54 Å². The molecule has 1 aliphatic carbocycles. The van der Waals surface area contributed by atoms with Gasteiger partial charge in [-0.3, -0.25) is 9.69 Å². The van der Waals surface area contributed by atoms with Crippen LogP contribution in [0.2, 0.25) is 0 Å². The van der Waals surface area contributed by atoms with Gasteiger partial charge < -0.3 is 14.6 Å². The zero-order chi connectivity index (χ0) is 21.2. The van der Waals surface area contributed by atoms with Gasteiger partial charge in [-0.1, -0.05) is 31.4 Å². The number of benzene rings is 1. The molecule has 1 saturated heterocycles. The Kier molecular flexibility index (Phi) is 6.13. The van der Waals surface area contributed by atoms with Gasteiger partial charge in [-0.25, -0.2) is 13.4 Å². The highest BCUT2D eigenvalue weighted by molar-refractivity contribution is 7.90.